The number of rotatable bonds is 6. The summed E-state index contributed by atoms with van der Waals surface area (Å²) in [6.07, 6.45) is 1.54. The van der Waals surface area contributed by atoms with E-state index in [1.54, 1.807) is 29.2 Å². The fourth-order valence-electron chi connectivity index (χ4n) is 2.76. The van der Waals surface area contributed by atoms with Crippen LogP contribution in [0.4, 0.5) is 11.4 Å². The van der Waals surface area contributed by atoms with Gasteiger partial charge in [-0.25, -0.2) is 0 Å². The minimum atomic E-state index is -0.191. The van der Waals surface area contributed by atoms with E-state index in [2.05, 4.69) is 5.32 Å². The van der Waals surface area contributed by atoms with E-state index in [1.165, 1.54) is 0 Å². The van der Waals surface area contributed by atoms with Gasteiger partial charge >= 0.3 is 0 Å². The highest BCUT2D eigenvalue weighted by molar-refractivity contribution is 6.42. The summed E-state index contributed by atoms with van der Waals surface area (Å²) >= 11 is 11.8. The summed E-state index contributed by atoms with van der Waals surface area (Å²) in [5, 5.41) is 3.70. The molecule has 0 unspecified atom stereocenters. The van der Waals surface area contributed by atoms with E-state index in [9.17, 15) is 9.59 Å². The number of carbonyl (C=O) groups excluding carboxylic acids is 2. The van der Waals surface area contributed by atoms with Gasteiger partial charge in [0.05, 0.1) is 34.4 Å². The smallest absolute Gasteiger partial charge is 0.227 e. The molecule has 1 heterocycles. The van der Waals surface area contributed by atoms with Crippen molar-refractivity contribution in [2.45, 2.75) is 19.3 Å². The van der Waals surface area contributed by atoms with Crippen LogP contribution >= 0.6 is 23.2 Å². The maximum absolute atomic E-state index is 12.2. The van der Waals surface area contributed by atoms with Gasteiger partial charge in [-0.05, 0) is 30.7 Å². The van der Waals surface area contributed by atoms with E-state index < -0.39 is 0 Å². The van der Waals surface area contributed by atoms with Crippen molar-refractivity contribution in [2.75, 3.05) is 23.4 Å². The number of nitrogens with one attached hydrogen (secondary N) is 1. The average Bonchev–Trinajstić information content (AvgIpc) is 3.04. The van der Waals surface area contributed by atoms with Gasteiger partial charge in [-0.3, -0.25) is 9.59 Å². The summed E-state index contributed by atoms with van der Waals surface area (Å²) in [6, 6.07) is 12.2. The molecule has 0 radical (unpaired) electrons. The number of ether oxygens (including phenoxy) is 1. The molecular formula is C19H18Cl2N2O3. The van der Waals surface area contributed by atoms with Gasteiger partial charge in [0, 0.05) is 19.0 Å². The van der Waals surface area contributed by atoms with Gasteiger partial charge in [0.2, 0.25) is 11.8 Å². The molecule has 2 aromatic carbocycles. The van der Waals surface area contributed by atoms with Gasteiger partial charge in [0.25, 0.3) is 0 Å². The fourth-order valence-corrected chi connectivity index (χ4v) is 3.05. The summed E-state index contributed by atoms with van der Waals surface area (Å²) in [4.78, 5) is 25.9. The van der Waals surface area contributed by atoms with Gasteiger partial charge < -0.3 is 15.0 Å². The molecule has 0 aromatic heterocycles. The minimum Gasteiger partial charge on any atom is -0.493 e. The van der Waals surface area contributed by atoms with E-state index >= 15 is 0 Å². The van der Waals surface area contributed by atoms with Crippen molar-refractivity contribution in [3.05, 3.63) is 52.5 Å². The first-order chi connectivity index (χ1) is 12.5. The number of hydrogen-bond acceptors (Lipinski definition) is 3. The maximum Gasteiger partial charge on any atom is 0.227 e. The van der Waals surface area contributed by atoms with Gasteiger partial charge in [-0.2, -0.15) is 0 Å². The Morgan fingerprint density at radius 2 is 1.96 bits per heavy atom. The Hall–Kier alpha value is -2.24. The molecule has 26 heavy (non-hydrogen) atoms. The number of hydrogen-bond donors (Lipinski definition) is 1. The number of anilines is 2. The van der Waals surface area contributed by atoms with Crippen LogP contribution in [0.1, 0.15) is 19.3 Å². The molecule has 1 aliphatic rings. The second kappa shape index (κ2) is 8.43. The summed E-state index contributed by atoms with van der Waals surface area (Å²) < 4.78 is 5.53. The maximum atomic E-state index is 12.2. The molecule has 0 spiro atoms. The zero-order chi connectivity index (χ0) is 18.5. The molecule has 2 amide bonds. The first kappa shape index (κ1) is 18.5. The zero-order valence-electron chi connectivity index (χ0n) is 14.0. The minimum absolute atomic E-state index is 0.0784. The molecule has 3 rings (SSSR count). The summed E-state index contributed by atoms with van der Waals surface area (Å²) in [7, 11) is 0. The van der Waals surface area contributed by atoms with E-state index in [-0.39, 0.29) is 24.8 Å². The average molecular weight is 393 g/mol. The molecule has 1 saturated heterocycles. The standard InChI is InChI=1S/C19H18Cl2N2O3/c20-14-8-7-13(12-15(14)21)26-11-9-18(24)22-16-4-1-2-5-17(16)23-10-3-6-19(23)25/h1-2,4-5,7-8,12H,3,6,9-11H2,(H,22,24). The normalized spacial score (nSPS) is 13.8. The summed E-state index contributed by atoms with van der Waals surface area (Å²) in [5.74, 6) is 0.439. The molecule has 1 aliphatic heterocycles. The van der Waals surface area contributed by atoms with Crippen LogP contribution in [0, 0.1) is 0 Å². The highest BCUT2D eigenvalue weighted by Gasteiger charge is 2.24. The van der Waals surface area contributed by atoms with Gasteiger partial charge in [0.15, 0.2) is 0 Å². The van der Waals surface area contributed by atoms with Crippen molar-refractivity contribution in [3.8, 4) is 5.75 Å². The Labute approximate surface area is 161 Å². The molecule has 1 N–H and O–H groups in total. The molecule has 7 heteroatoms. The molecule has 0 saturated carbocycles. The first-order valence-electron chi connectivity index (χ1n) is 8.31. The Balaban J connectivity index is 1.57. The predicted octanol–water partition coefficient (Wildman–Crippen LogP) is 4.53. The lowest BCUT2D eigenvalue weighted by atomic mass is 10.2. The van der Waals surface area contributed by atoms with Crippen LogP contribution in [-0.2, 0) is 9.59 Å². The van der Waals surface area contributed by atoms with Gasteiger partial charge in [-0.1, -0.05) is 35.3 Å². The highest BCUT2D eigenvalue weighted by Crippen LogP contribution is 2.29. The lowest BCUT2D eigenvalue weighted by Crippen LogP contribution is -2.25. The number of benzene rings is 2. The number of halogens is 2. The largest absolute Gasteiger partial charge is 0.493 e. The van der Waals surface area contributed by atoms with Crippen LogP contribution in [-0.4, -0.2) is 25.0 Å². The third kappa shape index (κ3) is 4.48. The molecule has 2 aromatic rings. The molecule has 5 nitrogen and oxygen atoms in total. The first-order valence-corrected chi connectivity index (χ1v) is 9.07. The monoisotopic (exact) mass is 392 g/mol. The van der Waals surface area contributed by atoms with Gasteiger partial charge in [0.1, 0.15) is 5.75 Å². The van der Waals surface area contributed by atoms with Crippen molar-refractivity contribution in [3.63, 3.8) is 0 Å². The fraction of sp³-hybridized carbons (Fsp3) is 0.263. The quantitative estimate of drug-likeness (QED) is 0.785. The van der Waals surface area contributed by atoms with Crippen LogP contribution in [0.3, 0.4) is 0 Å². The molecule has 0 atom stereocenters. The van der Waals surface area contributed by atoms with Crippen LogP contribution in [0.2, 0.25) is 10.0 Å². The molecular weight excluding hydrogens is 375 g/mol. The lowest BCUT2D eigenvalue weighted by Gasteiger charge is -2.20. The highest BCUT2D eigenvalue weighted by atomic mass is 35.5. The Kier molecular flexibility index (Phi) is 6.01. The molecule has 0 bridgehead atoms. The van der Waals surface area contributed by atoms with Crippen LogP contribution in [0.25, 0.3) is 0 Å². The SMILES string of the molecule is O=C(CCOc1ccc(Cl)c(Cl)c1)Nc1ccccc1N1CCCC1=O. The van der Waals surface area contributed by atoms with Crippen LogP contribution < -0.4 is 15.0 Å². The van der Waals surface area contributed by atoms with E-state index in [4.69, 9.17) is 27.9 Å². The van der Waals surface area contributed by atoms with Crippen molar-refractivity contribution < 1.29 is 14.3 Å². The van der Waals surface area contributed by atoms with Crippen LogP contribution in [0.15, 0.2) is 42.5 Å². The van der Waals surface area contributed by atoms with Crippen molar-refractivity contribution in [1.29, 1.82) is 0 Å². The zero-order valence-corrected chi connectivity index (χ0v) is 15.5. The predicted molar refractivity (Wildman–Crippen MR) is 103 cm³/mol. The van der Waals surface area contributed by atoms with Crippen LogP contribution in [0.5, 0.6) is 5.75 Å². The Morgan fingerprint density at radius 3 is 2.69 bits per heavy atom. The number of para-hydroxylation sites is 2. The van der Waals surface area contributed by atoms with Crippen molar-refractivity contribution in [1.82, 2.24) is 0 Å². The van der Waals surface area contributed by atoms with E-state index in [0.717, 1.165) is 12.1 Å². The van der Waals surface area contributed by atoms with Crippen molar-refractivity contribution >= 4 is 46.4 Å². The third-order valence-corrected chi connectivity index (χ3v) is 4.77. The summed E-state index contributed by atoms with van der Waals surface area (Å²) in [5.41, 5.74) is 1.36. The number of carbonyl (C=O) groups is 2. The molecule has 136 valence electrons. The van der Waals surface area contributed by atoms with E-state index in [1.807, 2.05) is 18.2 Å². The van der Waals surface area contributed by atoms with Crippen molar-refractivity contribution in [2.24, 2.45) is 0 Å². The van der Waals surface area contributed by atoms with Gasteiger partial charge in [-0.15, -0.1) is 0 Å². The second-order valence-corrected chi connectivity index (χ2v) is 6.70. The number of nitrogens with zero attached hydrogens (tertiary/aromatic N) is 1. The third-order valence-electron chi connectivity index (χ3n) is 4.03. The summed E-state index contributed by atoms with van der Waals surface area (Å²) in [6.45, 7) is 0.876. The molecule has 0 aliphatic carbocycles. The van der Waals surface area contributed by atoms with E-state index in [0.29, 0.717) is 34.4 Å². The Morgan fingerprint density at radius 1 is 1.15 bits per heavy atom. The molecule has 1 fully saturated rings. The Bertz CT molecular complexity index is 826. The topological polar surface area (TPSA) is 58.6 Å². The second-order valence-electron chi connectivity index (χ2n) is 5.89. The number of amides is 2. The lowest BCUT2D eigenvalue weighted by molar-refractivity contribution is -0.117.